The first-order valence-electron chi connectivity index (χ1n) is 5.62. The molecule has 0 amide bonds. The Morgan fingerprint density at radius 3 is 2.24 bits per heavy atom. The average Bonchev–Trinajstić information content (AvgIpc) is 2.12. The summed E-state index contributed by atoms with van der Waals surface area (Å²) in [4.78, 5) is 0. The zero-order valence-corrected chi connectivity index (χ0v) is 12.3. The largest absolute Gasteiger partial charge is 0.232 e. The van der Waals surface area contributed by atoms with Crippen LogP contribution in [0.3, 0.4) is 0 Å². The fourth-order valence-electron chi connectivity index (χ4n) is 1.67. The maximum Gasteiger partial charge on any atom is 0.232 e. The van der Waals surface area contributed by atoms with Crippen LogP contribution < -0.4 is 0 Å². The van der Waals surface area contributed by atoms with E-state index in [1.165, 1.54) is 5.56 Å². The number of hydrogen-bond acceptors (Lipinski definition) is 2. The molecule has 2 nitrogen and oxygen atoms in total. The Balaban J connectivity index is 2.91. The number of halogens is 1. The van der Waals surface area contributed by atoms with E-state index in [4.69, 9.17) is 10.7 Å². The molecule has 0 unspecified atom stereocenters. The molecule has 4 heteroatoms. The quantitative estimate of drug-likeness (QED) is 0.792. The lowest BCUT2D eigenvalue weighted by molar-refractivity contribution is 0.589. The predicted octanol–water partition coefficient (Wildman–Crippen LogP) is 3.40. The normalized spacial score (nSPS) is 12.8. The third-order valence-corrected chi connectivity index (χ3v) is 3.98. The first-order valence-corrected chi connectivity index (χ1v) is 8.10. The molecule has 0 fully saturated rings. The van der Waals surface area contributed by atoms with Crippen LogP contribution in [0.4, 0.5) is 0 Å². The van der Waals surface area contributed by atoms with Crippen molar-refractivity contribution in [1.29, 1.82) is 0 Å². The minimum atomic E-state index is -3.41. The van der Waals surface area contributed by atoms with Crippen LogP contribution in [-0.4, -0.2) is 14.2 Å². The molecule has 0 spiro atoms. The Labute approximate surface area is 108 Å². The summed E-state index contributed by atoms with van der Waals surface area (Å²) < 4.78 is 21.8. The fraction of sp³-hybridized carbons (Fsp3) is 0.538. The highest BCUT2D eigenvalue weighted by Gasteiger charge is 2.15. The first kappa shape index (κ1) is 14.5. The van der Waals surface area contributed by atoms with Gasteiger partial charge in [0.25, 0.3) is 0 Å². The molecular formula is C13H19ClO2S. The smallest absolute Gasteiger partial charge is 0.212 e. The molecule has 0 aromatic heterocycles. The summed E-state index contributed by atoms with van der Waals surface area (Å²) >= 11 is 0. The maximum atomic E-state index is 10.9. The number of hydrogen-bond donors (Lipinski definition) is 0. The van der Waals surface area contributed by atoms with Gasteiger partial charge in [0.2, 0.25) is 9.05 Å². The molecule has 0 N–H and O–H groups in total. The van der Waals surface area contributed by atoms with Gasteiger partial charge in [-0.1, -0.05) is 39.0 Å². The third kappa shape index (κ3) is 4.68. The maximum absolute atomic E-state index is 10.9. The van der Waals surface area contributed by atoms with Crippen molar-refractivity contribution in [2.24, 2.45) is 0 Å². The van der Waals surface area contributed by atoms with Gasteiger partial charge in [-0.3, -0.25) is 0 Å². The molecule has 0 aliphatic rings. The summed E-state index contributed by atoms with van der Waals surface area (Å²) in [7, 11) is 1.81. The Morgan fingerprint density at radius 2 is 1.82 bits per heavy atom. The van der Waals surface area contributed by atoms with Crippen LogP contribution in [-0.2, 0) is 20.9 Å². The second-order valence-corrected chi connectivity index (χ2v) is 8.28. The van der Waals surface area contributed by atoms with Crippen LogP contribution in [0.15, 0.2) is 18.2 Å². The van der Waals surface area contributed by atoms with Crippen molar-refractivity contribution in [2.75, 3.05) is 5.75 Å². The van der Waals surface area contributed by atoms with Crippen molar-refractivity contribution in [3.63, 3.8) is 0 Å². The highest BCUT2D eigenvalue weighted by molar-refractivity contribution is 8.13. The molecule has 0 saturated heterocycles. The summed E-state index contributed by atoms with van der Waals surface area (Å²) in [6.45, 7) is 8.48. The third-order valence-electron chi connectivity index (χ3n) is 2.82. The second-order valence-electron chi connectivity index (χ2n) is 5.38. The van der Waals surface area contributed by atoms with E-state index in [2.05, 4.69) is 32.9 Å². The van der Waals surface area contributed by atoms with Gasteiger partial charge in [-0.05, 0) is 35.4 Å². The van der Waals surface area contributed by atoms with Gasteiger partial charge in [-0.25, -0.2) is 8.42 Å². The number of rotatable bonds is 3. The summed E-state index contributed by atoms with van der Waals surface area (Å²) in [5.41, 5.74) is 3.54. The Morgan fingerprint density at radius 1 is 1.24 bits per heavy atom. The molecule has 0 heterocycles. The molecule has 1 aromatic carbocycles. The van der Waals surface area contributed by atoms with Crippen LogP contribution >= 0.6 is 10.7 Å². The van der Waals surface area contributed by atoms with Crippen LogP contribution in [0.2, 0.25) is 0 Å². The molecule has 0 atom stereocenters. The van der Waals surface area contributed by atoms with Gasteiger partial charge in [0.15, 0.2) is 0 Å². The molecular weight excluding hydrogens is 256 g/mol. The summed E-state index contributed by atoms with van der Waals surface area (Å²) in [6, 6.07) is 6.18. The van der Waals surface area contributed by atoms with E-state index in [1.807, 2.05) is 13.0 Å². The number of benzene rings is 1. The van der Waals surface area contributed by atoms with Gasteiger partial charge >= 0.3 is 0 Å². The van der Waals surface area contributed by atoms with Crippen molar-refractivity contribution in [2.45, 2.75) is 39.5 Å². The van der Waals surface area contributed by atoms with E-state index in [0.29, 0.717) is 6.42 Å². The minimum Gasteiger partial charge on any atom is -0.212 e. The predicted molar refractivity (Wildman–Crippen MR) is 73.2 cm³/mol. The monoisotopic (exact) mass is 274 g/mol. The average molecular weight is 275 g/mol. The van der Waals surface area contributed by atoms with Gasteiger partial charge in [0.05, 0.1) is 5.75 Å². The first-order chi connectivity index (χ1) is 7.59. The van der Waals surface area contributed by atoms with E-state index < -0.39 is 9.05 Å². The van der Waals surface area contributed by atoms with Crippen LogP contribution in [0.1, 0.15) is 37.5 Å². The standard InChI is InChI=1S/C13H19ClO2S/c1-10-9-12(13(2,3)4)6-5-11(10)7-8-17(14,15)16/h5-6,9H,7-8H2,1-4H3. The van der Waals surface area contributed by atoms with E-state index in [1.54, 1.807) is 0 Å². The van der Waals surface area contributed by atoms with Gasteiger partial charge in [-0.15, -0.1) is 0 Å². The van der Waals surface area contributed by atoms with Crippen molar-refractivity contribution in [3.8, 4) is 0 Å². The van der Waals surface area contributed by atoms with Gasteiger partial charge in [-0.2, -0.15) is 0 Å². The highest BCUT2D eigenvalue weighted by Crippen LogP contribution is 2.24. The summed E-state index contributed by atoms with van der Waals surface area (Å²) in [5, 5.41) is 0. The highest BCUT2D eigenvalue weighted by atomic mass is 35.7. The zero-order valence-electron chi connectivity index (χ0n) is 10.7. The molecule has 17 heavy (non-hydrogen) atoms. The van der Waals surface area contributed by atoms with Gasteiger partial charge < -0.3 is 0 Å². The Hall–Kier alpha value is -0.540. The lowest BCUT2D eigenvalue weighted by Gasteiger charge is -2.20. The summed E-state index contributed by atoms with van der Waals surface area (Å²) in [5.74, 6) is -0.00966. The molecule has 1 rings (SSSR count). The molecule has 0 radical (unpaired) electrons. The minimum absolute atomic E-state index is 0.00966. The van der Waals surface area contributed by atoms with E-state index >= 15 is 0 Å². The van der Waals surface area contributed by atoms with Crippen molar-refractivity contribution >= 4 is 19.7 Å². The Bertz CT molecular complexity index is 499. The van der Waals surface area contributed by atoms with Crippen molar-refractivity contribution < 1.29 is 8.42 Å². The lowest BCUT2D eigenvalue weighted by Crippen LogP contribution is -2.12. The van der Waals surface area contributed by atoms with Gasteiger partial charge in [0, 0.05) is 10.7 Å². The number of aryl methyl sites for hydroxylation is 2. The van der Waals surface area contributed by atoms with E-state index in [9.17, 15) is 8.42 Å². The Kier molecular flexibility index (Phi) is 4.26. The van der Waals surface area contributed by atoms with Crippen LogP contribution in [0, 0.1) is 6.92 Å². The van der Waals surface area contributed by atoms with Crippen LogP contribution in [0.25, 0.3) is 0 Å². The molecule has 0 aliphatic carbocycles. The van der Waals surface area contributed by atoms with Gasteiger partial charge in [0.1, 0.15) is 0 Å². The molecule has 96 valence electrons. The SMILES string of the molecule is Cc1cc(C(C)(C)C)ccc1CCS(=O)(=O)Cl. The molecule has 0 saturated carbocycles. The van der Waals surface area contributed by atoms with E-state index in [-0.39, 0.29) is 11.2 Å². The molecule has 1 aromatic rings. The van der Waals surface area contributed by atoms with Crippen LogP contribution in [0.5, 0.6) is 0 Å². The van der Waals surface area contributed by atoms with E-state index in [0.717, 1.165) is 11.1 Å². The molecule has 0 bridgehead atoms. The second kappa shape index (κ2) is 4.99. The fourth-order valence-corrected chi connectivity index (χ4v) is 2.37. The molecule has 0 aliphatic heterocycles. The summed E-state index contributed by atoms with van der Waals surface area (Å²) in [6.07, 6.45) is 0.474. The zero-order chi connectivity index (χ0) is 13.3. The lowest BCUT2D eigenvalue weighted by atomic mass is 9.85. The van der Waals surface area contributed by atoms with Crippen molar-refractivity contribution in [3.05, 3.63) is 34.9 Å². The topological polar surface area (TPSA) is 34.1 Å². The van der Waals surface area contributed by atoms with Crippen molar-refractivity contribution in [1.82, 2.24) is 0 Å².